The number of ether oxygens (including phenoxy) is 1. The number of hydrogen-bond acceptors (Lipinski definition) is 3. The molecule has 0 unspecified atom stereocenters. The normalized spacial score (nSPS) is 20.0. The van der Waals surface area contributed by atoms with Crippen molar-refractivity contribution in [2.24, 2.45) is 5.92 Å². The van der Waals surface area contributed by atoms with Crippen molar-refractivity contribution in [3.05, 3.63) is 34.9 Å². The van der Waals surface area contributed by atoms with Crippen LogP contribution in [0.4, 0.5) is 0 Å². The van der Waals surface area contributed by atoms with Gasteiger partial charge in [-0.15, -0.1) is 0 Å². The van der Waals surface area contributed by atoms with E-state index >= 15 is 0 Å². The van der Waals surface area contributed by atoms with Crippen molar-refractivity contribution in [3.63, 3.8) is 0 Å². The van der Waals surface area contributed by atoms with Crippen LogP contribution in [0.1, 0.15) is 40.7 Å². The summed E-state index contributed by atoms with van der Waals surface area (Å²) in [6.07, 6.45) is 3.80. The second-order valence-corrected chi connectivity index (χ2v) is 5.59. The summed E-state index contributed by atoms with van der Waals surface area (Å²) >= 11 is 0. The molecule has 0 spiro atoms. The first-order chi connectivity index (χ1) is 9.33. The lowest BCUT2D eigenvalue weighted by molar-refractivity contribution is 0.0601. The molecule has 2 aliphatic rings. The summed E-state index contributed by atoms with van der Waals surface area (Å²) in [5, 5.41) is 3.36. The first-order valence-electron chi connectivity index (χ1n) is 7.26. The van der Waals surface area contributed by atoms with Crippen LogP contribution in [0.5, 0.6) is 0 Å². The van der Waals surface area contributed by atoms with Crippen molar-refractivity contribution in [2.75, 3.05) is 19.8 Å². The van der Waals surface area contributed by atoms with E-state index in [9.17, 15) is 4.79 Å². The molecule has 2 heterocycles. The van der Waals surface area contributed by atoms with Crippen LogP contribution in [0.2, 0.25) is 0 Å². The van der Waals surface area contributed by atoms with E-state index in [1.54, 1.807) is 0 Å². The van der Waals surface area contributed by atoms with E-state index in [0.29, 0.717) is 18.1 Å². The van der Waals surface area contributed by atoms with E-state index in [0.717, 1.165) is 51.1 Å². The fourth-order valence-corrected chi connectivity index (χ4v) is 2.98. The van der Waals surface area contributed by atoms with Crippen LogP contribution >= 0.6 is 0 Å². The number of benzene rings is 1. The summed E-state index contributed by atoms with van der Waals surface area (Å²) in [5.74, 6) is 0.802. The Hall–Kier alpha value is -1.19. The Morgan fingerprint density at radius 2 is 2.11 bits per heavy atom. The largest absolute Gasteiger partial charge is 0.381 e. The van der Waals surface area contributed by atoms with Crippen molar-refractivity contribution in [3.8, 4) is 0 Å². The van der Waals surface area contributed by atoms with E-state index < -0.39 is 0 Å². The van der Waals surface area contributed by atoms with Crippen LogP contribution in [-0.2, 0) is 17.7 Å². The molecule has 0 atom stereocenters. The van der Waals surface area contributed by atoms with Crippen LogP contribution in [0, 0.1) is 5.92 Å². The van der Waals surface area contributed by atoms with Crippen LogP contribution in [0.3, 0.4) is 0 Å². The predicted octanol–water partition coefficient (Wildman–Crippen LogP) is 2.33. The van der Waals surface area contributed by atoms with Gasteiger partial charge >= 0.3 is 0 Å². The molecule has 0 aliphatic carbocycles. The molecule has 102 valence electrons. The molecular formula is C16H21NO2. The second-order valence-electron chi connectivity index (χ2n) is 5.59. The van der Waals surface area contributed by atoms with Gasteiger partial charge in [0.2, 0.25) is 0 Å². The third kappa shape index (κ3) is 3.04. The lowest BCUT2D eigenvalue weighted by atomic mass is 9.90. The molecule has 0 saturated carbocycles. The monoisotopic (exact) mass is 259 g/mol. The summed E-state index contributed by atoms with van der Waals surface area (Å²) in [4.78, 5) is 12.3. The Morgan fingerprint density at radius 1 is 1.26 bits per heavy atom. The maximum absolute atomic E-state index is 12.3. The fraction of sp³-hybridized carbons (Fsp3) is 0.562. The highest BCUT2D eigenvalue weighted by Gasteiger charge is 2.19. The van der Waals surface area contributed by atoms with E-state index in [1.807, 2.05) is 6.07 Å². The molecule has 1 aromatic rings. The van der Waals surface area contributed by atoms with Crippen molar-refractivity contribution in [1.29, 1.82) is 0 Å². The smallest absolute Gasteiger partial charge is 0.163 e. The van der Waals surface area contributed by atoms with Crippen molar-refractivity contribution < 1.29 is 9.53 Å². The summed E-state index contributed by atoms with van der Waals surface area (Å²) in [7, 11) is 0. The van der Waals surface area contributed by atoms with Crippen LogP contribution in [-0.4, -0.2) is 25.5 Å². The molecule has 0 amide bonds. The van der Waals surface area contributed by atoms with Crippen molar-refractivity contribution in [2.45, 2.75) is 32.2 Å². The average Bonchev–Trinajstić information content (AvgIpc) is 2.48. The summed E-state index contributed by atoms with van der Waals surface area (Å²) in [5.41, 5.74) is 3.57. The number of fused-ring (bicyclic) bond motifs is 1. The standard InChI is InChI=1S/C16H21NO2/c18-16(9-12-4-7-19-8-5-12)14-2-1-13-3-6-17-11-15(13)10-14/h1-2,10,12,17H,3-9,11H2. The maximum atomic E-state index is 12.3. The minimum absolute atomic E-state index is 0.292. The second kappa shape index (κ2) is 5.85. The molecule has 2 aliphatic heterocycles. The van der Waals surface area contributed by atoms with Gasteiger partial charge in [0.15, 0.2) is 5.78 Å². The molecule has 1 aromatic carbocycles. The van der Waals surface area contributed by atoms with E-state index in [4.69, 9.17) is 4.74 Å². The third-order valence-corrected chi connectivity index (χ3v) is 4.23. The lowest BCUT2D eigenvalue weighted by Crippen LogP contribution is -2.24. The summed E-state index contributed by atoms with van der Waals surface area (Å²) < 4.78 is 5.34. The van der Waals surface area contributed by atoms with Crippen LogP contribution in [0.25, 0.3) is 0 Å². The molecule has 1 N–H and O–H groups in total. The summed E-state index contributed by atoms with van der Waals surface area (Å²) in [6, 6.07) is 6.22. The van der Waals surface area contributed by atoms with E-state index in [1.165, 1.54) is 11.1 Å². The predicted molar refractivity (Wildman–Crippen MR) is 74.3 cm³/mol. The molecular weight excluding hydrogens is 238 g/mol. The van der Waals surface area contributed by atoms with Gasteiger partial charge in [-0.05, 0) is 48.9 Å². The number of Topliss-reactive ketones (excluding diaryl/α,β-unsaturated/α-hetero) is 1. The SMILES string of the molecule is O=C(CC1CCOCC1)c1ccc2c(c1)CNCC2. The summed E-state index contributed by atoms with van der Waals surface area (Å²) in [6.45, 7) is 3.56. The molecule has 1 saturated heterocycles. The van der Waals surface area contributed by atoms with Gasteiger partial charge in [-0.2, -0.15) is 0 Å². The maximum Gasteiger partial charge on any atom is 0.163 e. The highest BCUT2D eigenvalue weighted by molar-refractivity contribution is 5.96. The Bertz CT molecular complexity index is 464. The molecule has 3 heteroatoms. The Kier molecular flexibility index (Phi) is 3.95. The number of ketones is 1. The average molecular weight is 259 g/mol. The molecule has 3 rings (SSSR count). The molecule has 0 bridgehead atoms. The number of hydrogen-bond donors (Lipinski definition) is 1. The quantitative estimate of drug-likeness (QED) is 0.847. The zero-order valence-corrected chi connectivity index (χ0v) is 11.3. The Balaban J connectivity index is 1.69. The zero-order chi connectivity index (χ0) is 13.1. The zero-order valence-electron chi connectivity index (χ0n) is 11.3. The van der Waals surface area contributed by atoms with Gasteiger partial charge in [-0.1, -0.05) is 12.1 Å². The van der Waals surface area contributed by atoms with Crippen LogP contribution in [0.15, 0.2) is 18.2 Å². The molecule has 3 nitrogen and oxygen atoms in total. The van der Waals surface area contributed by atoms with Gasteiger partial charge in [0.25, 0.3) is 0 Å². The number of nitrogens with one attached hydrogen (secondary N) is 1. The topological polar surface area (TPSA) is 38.3 Å². The van der Waals surface area contributed by atoms with Crippen molar-refractivity contribution >= 4 is 5.78 Å². The highest BCUT2D eigenvalue weighted by atomic mass is 16.5. The van der Waals surface area contributed by atoms with Crippen molar-refractivity contribution in [1.82, 2.24) is 5.32 Å². The molecule has 0 aromatic heterocycles. The van der Waals surface area contributed by atoms with E-state index in [-0.39, 0.29) is 0 Å². The van der Waals surface area contributed by atoms with Gasteiger partial charge in [-0.25, -0.2) is 0 Å². The van der Waals surface area contributed by atoms with E-state index in [2.05, 4.69) is 17.4 Å². The Labute approximate surface area is 114 Å². The number of carbonyl (C=O) groups excluding carboxylic acids is 1. The molecule has 19 heavy (non-hydrogen) atoms. The fourth-order valence-electron chi connectivity index (χ4n) is 2.98. The Morgan fingerprint density at radius 3 is 2.95 bits per heavy atom. The van der Waals surface area contributed by atoms with Gasteiger partial charge in [-0.3, -0.25) is 4.79 Å². The first kappa shape index (κ1) is 12.8. The lowest BCUT2D eigenvalue weighted by Gasteiger charge is -2.22. The molecule has 1 fully saturated rings. The highest BCUT2D eigenvalue weighted by Crippen LogP contribution is 2.22. The minimum atomic E-state index is 0.292. The van der Waals surface area contributed by atoms with Gasteiger partial charge in [0.1, 0.15) is 0 Å². The van der Waals surface area contributed by atoms with Gasteiger partial charge < -0.3 is 10.1 Å². The van der Waals surface area contributed by atoms with Gasteiger partial charge in [0, 0.05) is 31.7 Å². The van der Waals surface area contributed by atoms with Crippen LogP contribution < -0.4 is 5.32 Å². The number of carbonyl (C=O) groups is 1. The third-order valence-electron chi connectivity index (χ3n) is 4.23. The molecule has 0 radical (unpaired) electrons. The first-order valence-corrected chi connectivity index (χ1v) is 7.26. The van der Waals surface area contributed by atoms with Gasteiger partial charge in [0.05, 0.1) is 0 Å². The minimum Gasteiger partial charge on any atom is -0.381 e. The number of rotatable bonds is 3.